The van der Waals surface area contributed by atoms with Crippen LogP contribution in [0.1, 0.15) is 24.7 Å². The minimum atomic E-state index is 0.0646. The lowest BCUT2D eigenvalue weighted by Crippen LogP contribution is -2.23. The second-order valence-electron chi connectivity index (χ2n) is 4.90. The van der Waals surface area contributed by atoms with E-state index in [1.807, 2.05) is 18.2 Å². The van der Waals surface area contributed by atoms with Crippen molar-refractivity contribution in [3.63, 3.8) is 0 Å². The number of aryl methyl sites for hydroxylation is 1. The maximum Gasteiger partial charge on any atom is 0.219 e. The number of aromatic nitrogens is 1. The van der Waals surface area contributed by atoms with E-state index >= 15 is 0 Å². The first-order chi connectivity index (χ1) is 8.49. The third-order valence-corrected chi connectivity index (χ3v) is 2.84. The lowest BCUT2D eigenvalue weighted by atomic mass is 10.2. The van der Waals surface area contributed by atoms with E-state index in [9.17, 15) is 4.79 Å². The minimum absolute atomic E-state index is 0.0646. The first-order valence-corrected chi connectivity index (χ1v) is 6.30. The van der Waals surface area contributed by atoms with Gasteiger partial charge in [-0.25, -0.2) is 0 Å². The Morgan fingerprint density at radius 2 is 1.89 bits per heavy atom. The molecule has 0 bridgehead atoms. The average molecular weight is 249 g/mol. The highest BCUT2D eigenvalue weighted by Gasteiger charge is 2.05. The summed E-state index contributed by atoms with van der Waals surface area (Å²) >= 11 is 0. The monoisotopic (exact) mass is 249 g/mol. The maximum atomic E-state index is 11.2. The molecule has 0 N–H and O–H groups in total. The van der Waals surface area contributed by atoms with Crippen molar-refractivity contribution in [2.75, 3.05) is 27.7 Å². The molecule has 100 valence electrons. The zero-order valence-corrected chi connectivity index (χ0v) is 11.8. The van der Waals surface area contributed by atoms with Crippen LogP contribution >= 0.6 is 0 Å². The average Bonchev–Trinajstić information content (AvgIpc) is 2.28. The molecule has 0 aliphatic heterocycles. The molecule has 0 aliphatic rings. The van der Waals surface area contributed by atoms with Crippen LogP contribution in [-0.4, -0.2) is 48.4 Å². The van der Waals surface area contributed by atoms with Crippen LogP contribution in [0.25, 0.3) is 0 Å². The second-order valence-corrected chi connectivity index (χ2v) is 4.90. The summed E-state index contributed by atoms with van der Waals surface area (Å²) in [6.45, 7) is 3.22. The van der Waals surface area contributed by atoms with Crippen LogP contribution in [0.15, 0.2) is 18.2 Å². The van der Waals surface area contributed by atoms with E-state index in [-0.39, 0.29) is 5.91 Å². The third-order valence-electron chi connectivity index (χ3n) is 2.84. The molecule has 1 aromatic rings. The van der Waals surface area contributed by atoms with Crippen molar-refractivity contribution in [2.45, 2.75) is 26.3 Å². The van der Waals surface area contributed by atoms with Crippen LogP contribution in [0.4, 0.5) is 0 Å². The molecule has 0 fully saturated rings. The fraction of sp³-hybridized carbons (Fsp3) is 0.571. The SMILES string of the molecule is CC(=O)N(C)Cc1cccc(CCCN(C)C)n1. The molecule has 0 radical (unpaired) electrons. The molecule has 0 unspecified atom stereocenters. The Hall–Kier alpha value is -1.42. The topological polar surface area (TPSA) is 36.4 Å². The Labute approximate surface area is 110 Å². The van der Waals surface area contributed by atoms with E-state index < -0.39 is 0 Å². The molecular formula is C14H23N3O. The zero-order chi connectivity index (χ0) is 13.5. The van der Waals surface area contributed by atoms with Crippen LogP contribution in [0, 0.1) is 0 Å². The summed E-state index contributed by atoms with van der Waals surface area (Å²) in [6, 6.07) is 6.03. The normalized spacial score (nSPS) is 10.7. The first kappa shape index (κ1) is 14.6. The smallest absolute Gasteiger partial charge is 0.219 e. The molecule has 1 rings (SSSR count). The molecule has 1 amide bonds. The quantitative estimate of drug-likeness (QED) is 0.767. The van der Waals surface area contributed by atoms with Crippen molar-refractivity contribution in [1.82, 2.24) is 14.8 Å². The third kappa shape index (κ3) is 5.27. The molecule has 4 heteroatoms. The lowest BCUT2D eigenvalue weighted by molar-refractivity contribution is -0.128. The number of amides is 1. The van der Waals surface area contributed by atoms with Gasteiger partial charge in [0, 0.05) is 19.7 Å². The number of nitrogens with zero attached hydrogens (tertiary/aromatic N) is 3. The van der Waals surface area contributed by atoms with Crippen molar-refractivity contribution in [3.05, 3.63) is 29.6 Å². The van der Waals surface area contributed by atoms with Gasteiger partial charge in [-0.2, -0.15) is 0 Å². The Bertz CT molecular complexity index is 390. The van der Waals surface area contributed by atoms with Crippen molar-refractivity contribution in [1.29, 1.82) is 0 Å². The Kier molecular flexibility index (Phi) is 5.78. The maximum absolute atomic E-state index is 11.2. The van der Waals surface area contributed by atoms with E-state index in [0.29, 0.717) is 6.54 Å². The van der Waals surface area contributed by atoms with E-state index in [0.717, 1.165) is 30.8 Å². The number of rotatable bonds is 6. The molecular weight excluding hydrogens is 226 g/mol. The van der Waals surface area contributed by atoms with Crippen molar-refractivity contribution >= 4 is 5.91 Å². The van der Waals surface area contributed by atoms with Gasteiger partial charge in [0.15, 0.2) is 0 Å². The minimum Gasteiger partial charge on any atom is -0.340 e. The Morgan fingerprint density at radius 3 is 2.50 bits per heavy atom. The molecule has 0 atom stereocenters. The van der Waals surface area contributed by atoms with Gasteiger partial charge >= 0.3 is 0 Å². The van der Waals surface area contributed by atoms with E-state index in [1.54, 1.807) is 18.9 Å². The Balaban J connectivity index is 2.54. The molecule has 0 saturated heterocycles. The largest absolute Gasteiger partial charge is 0.340 e. The van der Waals surface area contributed by atoms with Gasteiger partial charge in [-0.1, -0.05) is 6.07 Å². The van der Waals surface area contributed by atoms with Gasteiger partial charge in [-0.05, 0) is 45.6 Å². The van der Waals surface area contributed by atoms with E-state index in [4.69, 9.17) is 0 Å². The highest BCUT2D eigenvalue weighted by atomic mass is 16.2. The van der Waals surface area contributed by atoms with Crippen LogP contribution < -0.4 is 0 Å². The zero-order valence-electron chi connectivity index (χ0n) is 11.8. The highest BCUT2D eigenvalue weighted by Crippen LogP contribution is 2.05. The number of hydrogen-bond acceptors (Lipinski definition) is 3. The van der Waals surface area contributed by atoms with Crippen LogP contribution in [-0.2, 0) is 17.8 Å². The molecule has 0 spiro atoms. The standard InChI is InChI=1S/C14H23N3O/c1-12(18)17(4)11-14-8-5-7-13(15-14)9-6-10-16(2)3/h5,7-8H,6,9-11H2,1-4H3. The fourth-order valence-electron chi connectivity index (χ4n) is 1.69. The first-order valence-electron chi connectivity index (χ1n) is 6.30. The number of hydrogen-bond donors (Lipinski definition) is 0. The van der Waals surface area contributed by atoms with Crippen molar-refractivity contribution in [3.8, 4) is 0 Å². The predicted octanol–water partition coefficient (Wildman–Crippen LogP) is 1.55. The molecule has 1 aromatic heterocycles. The van der Waals surface area contributed by atoms with Gasteiger partial charge in [-0.3, -0.25) is 9.78 Å². The van der Waals surface area contributed by atoms with Gasteiger partial charge in [0.25, 0.3) is 0 Å². The van der Waals surface area contributed by atoms with Crippen molar-refractivity contribution in [2.24, 2.45) is 0 Å². The van der Waals surface area contributed by atoms with Gasteiger partial charge in [-0.15, -0.1) is 0 Å². The summed E-state index contributed by atoms with van der Waals surface area (Å²) in [5.41, 5.74) is 2.06. The van der Waals surface area contributed by atoms with Crippen LogP contribution in [0.5, 0.6) is 0 Å². The van der Waals surface area contributed by atoms with E-state index in [1.165, 1.54) is 0 Å². The highest BCUT2D eigenvalue weighted by molar-refractivity contribution is 5.72. The Morgan fingerprint density at radius 1 is 1.22 bits per heavy atom. The molecule has 0 aliphatic carbocycles. The summed E-state index contributed by atoms with van der Waals surface area (Å²) in [5, 5.41) is 0. The van der Waals surface area contributed by atoms with Gasteiger partial charge in [0.1, 0.15) is 0 Å². The van der Waals surface area contributed by atoms with Gasteiger partial charge < -0.3 is 9.80 Å². The summed E-state index contributed by atoms with van der Waals surface area (Å²) in [5.74, 6) is 0.0646. The molecule has 0 saturated carbocycles. The lowest BCUT2D eigenvalue weighted by Gasteiger charge is -2.14. The number of pyridine rings is 1. The number of carbonyl (C=O) groups is 1. The van der Waals surface area contributed by atoms with E-state index in [2.05, 4.69) is 24.0 Å². The summed E-state index contributed by atoms with van der Waals surface area (Å²) in [6.07, 6.45) is 2.09. The molecule has 0 aromatic carbocycles. The molecule has 1 heterocycles. The van der Waals surface area contributed by atoms with Gasteiger partial charge in [0.2, 0.25) is 5.91 Å². The van der Waals surface area contributed by atoms with Gasteiger partial charge in [0.05, 0.1) is 12.2 Å². The number of carbonyl (C=O) groups excluding carboxylic acids is 1. The van der Waals surface area contributed by atoms with Crippen molar-refractivity contribution < 1.29 is 4.79 Å². The van der Waals surface area contributed by atoms with Crippen LogP contribution in [0.2, 0.25) is 0 Å². The second kappa shape index (κ2) is 7.11. The molecule has 18 heavy (non-hydrogen) atoms. The molecule has 4 nitrogen and oxygen atoms in total. The fourth-order valence-corrected chi connectivity index (χ4v) is 1.69. The van der Waals surface area contributed by atoms with Crippen LogP contribution in [0.3, 0.4) is 0 Å². The summed E-state index contributed by atoms with van der Waals surface area (Å²) in [7, 11) is 5.94. The predicted molar refractivity (Wildman–Crippen MR) is 73.3 cm³/mol. The summed E-state index contributed by atoms with van der Waals surface area (Å²) in [4.78, 5) is 19.6. The summed E-state index contributed by atoms with van der Waals surface area (Å²) < 4.78 is 0.